The molecule has 0 bridgehead atoms. The Morgan fingerprint density at radius 1 is 1.53 bits per heavy atom. The van der Waals surface area contributed by atoms with Gasteiger partial charge >= 0.3 is 0 Å². The molecule has 2 rings (SSSR count). The van der Waals surface area contributed by atoms with Crippen molar-refractivity contribution in [1.29, 1.82) is 5.26 Å². The zero-order chi connectivity index (χ0) is 12.4. The molecule has 1 aromatic heterocycles. The molecule has 0 aliphatic heterocycles. The number of hydrogen-bond donors (Lipinski definition) is 1. The van der Waals surface area contributed by atoms with E-state index in [2.05, 4.69) is 4.98 Å². The average molecular weight is 230 g/mol. The molecule has 4 nitrogen and oxygen atoms in total. The SMILES string of the molecule is C[C@@H](N)c1c(F)cccc1-n1ccnc1C#N. The van der Waals surface area contributed by atoms with Crippen LogP contribution < -0.4 is 5.73 Å². The molecule has 0 aliphatic carbocycles. The first-order chi connectivity index (χ1) is 8.15. The van der Waals surface area contributed by atoms with Crippen molar-refractivity contribution in [2.24, 2.45) is 5.73 Å². The van der Waals surface area contributed by atoms with E-state index < -0.39 is 6.04 Å². The lowest BCUT2D eigenvalue weighted by Crippen LogP contribution is -2.12. The number of imidazole rings is 1. The number of aromatic nitrogens is 2. The van der Waals surface area contributed by atoms with E-state index in [4.69, 9.17) is 11.0 Å². The van der Waals surface area contributed by atoms with Gasteiger partial charge in [-0.05, 0) is 19.1 Å². The number of nitriles is 1. The summed E-state index contributed by atoms with van der Waals surface area (Å²) in [4.78, 5) is 3.88. The summed E-state index contributed by atoms with van der Waals surface area (Å²) in [6.07, 6.45) is 3.10. The van der Waals surface area contributed by atoms with E-state index in [1.54, 1.807) is 25.3 Å². The summed E-state index contributed by atoms with van der Waals surface area (Å²) in [5.41, 5.74) is 6.68. The standard InChI is InChI=1S/C12H11FN4/c1-8(15)12-9(13)3-2-4-10(12)17-6-5-16-11(17)7-14/h2-6,8H,15H2,1H3/t8-/m1/s1. The van der Waals surface area contributed by atoms with Gasteiger partial charge in [-0.1, -0.05) is 6.07 Å². The lowest BCUT2D eigenvalue weighted by atomic mass is 10.1. The number of halogens is 1. The van der Waals surface area contributed by atoms with Crippen LogP contribution in [0.4, 0.5) is 4.39 Å². The Morgan fingerprint density at radius 3 is 2.94 bits per heavy atom. The minimum Gasteiger partial charge on any atom is -0.324 e. The lowest BCUT2D eigenvalue weighted by Gasteiger charge is -2.14. The normalized spacial score (nSPS) is 12.1. The Kier molecular flexibility index (Phi) is 2.90. The number of nitrogens with two attached hydrogens (primary N) is 1. The Balaban J connectivity index is 2.68. The maximum atomic E-state index is 13.7. The first kappa shape index (κ1) is 11.3. The Bertz CT molecular complexity index is 580. The number of rotatable bonds is 2. The highest BCUT2D eigenvalue weighted by molar-refractivity contribution is 5.45. The van der Waals surface area contributed by atoms with Crippen molar-refractivity contribution in [2.45, 2.75) is 13.0 Å². The minimum atomic E-state index is -0.458. The molecule has 5 heteroatoms. The van der Waals surface area contributed by atoms with Gasteiger partial charge in [0.2, 0.25) is 5.82 Å². The summed E-state index contributed by atoms with van der Waals surface area (Å²) in [6, 6.07) is 6.14. The minimum absolute atomic E-state index is 0.206. The van der Waals surface area contributed by atoms with Gasteiger partial charge in [-0.25, -0.2) is 9.37 Å². The molecule has 0 aliphatic rings. The van der Waals surface area contributed by atoms with Crippen LogP contribution in [0.2, 0.25) is 0 Å². The van der Waals surface area contributed by atoms with Crippen molar-refractivity contribution in [3.63, 3.8) is 0 Å². The molecule has 1 atom stereocenters. The maximum Gasteiger partial charge on any atom is 0.217 e. The maximum absolute atomic E-state index is 13.7. The predicted molar refractivity (Wildman–Crippen MR) is 60.8 cm³/mol. The van der Waals surface area contributed by atoms with Crippen molar-refractivity contribution in [1.82, 2.24) is 9.55 Å². The van der Waals surface area contributed by atoms with E-state index >= 15 is 0 Å². The molecule has 0 spiro atoms. The van der Waals surface area contributed by atoms with Gasteiger partial charge in [0, 0.05) is 24.0 Å². The summed E-state index contributed by atoms with van der Waals surface area (Å²) < 4.78 is 15.3. The van der Waals surface area contributed by atoms with E-state index in [-0.39, 0.29) is 11.6 Å². The predicted octanol–water partition coefficient (Wildman–Crippen LogP) is 1.90. The van der Waals surface area contributed by atoms with Crippen LogP contribution in [0.25, 0.3) is 5.69 Å². The van der Waals surface area contributed by atoms with Gasteiger partial charge in [-0.2, -0.15) is 5.26 Å². The quantitative estimate of drug-likeness (QED) is 0.856. The molecule has 0 fully saturated rings. The highest BCUT2D eigenvalue weighted by atomic mass is 19.1. The summed E-state index contributed by atoms with van der Waals surface area (Å²) in [5.74, 6) is -0.174. The van der Waals surface area contributed by atoms with E-state index in [0.717, 1.165) is 0 Å². The average Bonchev–Trinajstić information content (AvgIpc) is 2.75. The van der Waals surface area contributed by atoms with Gasteiger partial charge in [0.15, 0.2) is 0 Å². The number of hydrogen-bond acceptors (Lipinski definition) is 3. The monoisotopic (exact) mass is 230 g/mol. The Labute approximate surface area is 98.1 Å². The Hall–Kier alpha value is -2.19. The summed E-state index contributed by atoms with van der Waals surface area (Å²) in [6.45, 7) is 1.70. The van der Waals surface area contributed by atoms with Crippen LogP contribution in [0.1, 0.15) is 24.4 Å². The van der Waals surface area contributed by atoms with E-state index in [9.17, 15) is 4.39 Å². The molecule has 2 aromatic rings. The van der Waals surface area contributed by atoms with Gasteiger partial charge in [-0.3, -0.25) is 4.57 Å². The zero-order valence-corrected chi connectivity index (χ0v) is 9.26. The van der Waals surface area contributed by atoms with Gasteiger partial charge < -0.3 is 5.73 Å². The van der Waals surface area contributed by atoms with Crippen molar-refractivity contribution >= 4 is 0 Å². The second-order valence-corrected chi connectivity index (χ2v) is 3.69. The van der Waals surface area contributed by atoms with Crippen molar-refractivity contribution in [3.8, 4) is 11.8 Å². The largest absolute Gasteiger partial charge is 0.324 e. The second-order valence-electron chi connectivity index (χ2n) is 3.69. The Morgan fingerprint density at radius 2 is 2.29 bits per heavy atom. The van der Waals surface area contributed by atoms with E-state index in [1.165, 1.54) is 16.8 Å². The molecular formula is C12H11FN4. The first-order valence-electron chi connectivity index (χ1n) is 5.13. The third-order valence-electron chi connectivity index (χ3n) is 2.49. The zero-order valence-electron chi connectivity index (χ0n) is 9.26. The van der Waals surface area contributed by atoms with Crippen LogP contribution in [0.15, 0.2) is 30.6 Å². The molecule has 86 valence electrons. The molecule has 1 heterocycles. The molecule has 0 amide bonds. The molecular weight excluding hydrogens is 219 g/mol. The van der Waals surface area contributed by atoms with Gasteiger partial charge in [0.05, 0.1) is 5.69 Å². The topological polar surface area (TPSA) is 67.6 Å². The van der Waals surface area contributed by atoms with E-state index in [0.29, 0.717) is 11.3 Å². The summed E-state index contributed by atoms with van der Waals surface area (Å²) >= 11 is 0. The highest BCUT2D eigenvalue weighted by Gasteiger charge is 2.15. The highest BCUT2D eigenvalue weighted by Crippen LogP contribution is 2.24. The van der Waals surface area contributed by atoms with Crippen molar-refractivity contribution in [2.75, 3.05) is 0 Å². The fourth-order valence-electron chi connectivity index (χ4n) is 1.77. The molecule has 2 N–H and O–H groups in total. The van der Waals surface area contributed by atoms with Gasteiger partial charge in [0.25, 0.3) is 0 Å². The summed E-state index contributed by atoms with van der Waals surface area (Å²) in [7, 11) is 0. The fraction of sp³-hybridized carbons (Fsp3) is 0.167. The lowest BCUT2D eigenvalue weighted by molar-refractivity contribution is 0.591. The van der Waals surface area contributed by atoms with Crippen LogP contribution in [0.3, 0.4) is 0 Å². The van der Waals surface area contributed by atoms with Crippen LogP contribution in [0.5, 0.6) is 0 Å². The van der Waals surface area contributed by atoms with Crippen LogP contribution in [-0.4, -0.2) is 9.55 Å². The van der Waals surface area contributed by atoms with Gasteiger partial charge in [-0.15, -0.1) is 0 Å². The molecule has 17 heavy (non-hydrogen) atoms. The smallest absolute Gasteiger partial charge is 0.217 e. The molecule has 0 saturated heterocycles. The van der Waals surface area contributed by atoms with Crippen molar-refractivity contribution < 1.29 is 4.39 Å². The third kappa shape index (κ3) is 1.90. The van der Waals surface area contributed by atoms with Gasteiger partial charge in [0.1, 0.15) is 11.9 Å². The van der Waals surface area contributed by atoms with Crippen LogP contribution in [-0.2, 0) is 0 Å². The molecule has 0 saturated carbocycles. The fourth-order valence-corrected chi connectivity index (χ4v) is 1.77. The third-order valence-corrected chi connectivity index (χ3v) is 2.49. The first-order valence-corrected chi connectivity index (χ1v) is 5.13. The van der Waals surface area contributed by atoms with Crippen LogP contribution >= 0.6 is 0 Å². The summed E-state index contributed by atoms with van der Waals surface area (Å²) in [5, 5.41) is 8.91. The number of benzene rings is 1. The number of nitrogens with zero attached hydrogens (tertiary/aromatic N) is 3. The molecule has 0 unspecified atom stereocenters. The second kappa shape index (κ2) is 4.36. The van der Waals surface area contributed by atoms with Crippen molar-refractivity contribution in [3.05, 3.63) is 47.8 Å². The van der Waals surface area contributed by atoms with Crippen LogP contribution in [0, 0.1) is 17.1 Å². The molecule has 1 aromatic carbocycles. The van der Waals surface area contributed by atoms with E-state index in [1.807, 2.05) is 6.07 Å². The molecule has 0 radical (unpaired) electrons.